The quantitative estimate of drug-likeness (QED) is 0.880. The average molecular weight is 258 g/mol. The van der Waals surface area contributed by atoms with Crippen molar-refractivity contribution >= 4 is 5.97 Å². The Labute approximate surface area is 97.7 Å². The highest BCUT2D eigenvalue weighted by molar-refractivity contribution is 5.85. The molecular formula is C9H5F3N4O2. The summed E-state index contributed by atoms with van der Waals surface area (Å²) in [6.07, 6.45) is -1.39. The Balaban J connectivity index is 2.62. The minimum absolute atomic E-state index is 0.0719. The number of carboxylic acid groups (broad SMARTS) is 1. The van der Waals surface area contributed by atoms with Crippen molar-refractivity contribution in [3.8, 4) is 5.69 Å². The van der Waals surface area contributed by atoms with E-state index in [1.54, 1.807) is 0 Å². The summed E-state index contributed by atoms with van der Waals surface area (Å²) in [6, 6.07) is 0.454. The van der Waals surface area contributed by atoms with Crippen LogP contribution in [0.3, 0.4) is 0 Å². The van der Waals surface area contributed by atoms with Gasteiger partial charge in [-0.15, -0.1) is 0 Å². The predicted octanol–water partition coefficient (Wildman–Crippen LogP) is 1.38. The van der Waals surface area contributed by atoms with E-state index < -0.39 is 23.5 Å². The third-order valence-electron chi connectivity index (χ3n) is 2.01. The van der Waals surface area contributed by atoms with Gasteiger partial charge in [0.05, 0.1) is 12.4 Å². The Morgan fingerprint density at radius 3 is 2.39 bits per heavy atom. The van der Waals surface area contributed by atoms with Crippen LogP contribution < -0.4 is 0 Å². The lowest BCUT2D eigenvalue weighted by atomic mass is 10.3. The van der Waals surface area contributed by atoms with Gasteiger partial charge >= 0.3 is 12.1 Å². The molecule has 0 radical (unpaired) electrons. The van der Waals surface area contributed by atoms with Gasteiger partial charge in [0.25, 0.3) is 0 Å². The molecule has 0 unspecified atom stereocenters. The minimum Gasteiger partial charge on any atom is -0.476 e. The maximum absolute atomic E-state index is 12.7. The molecule has 0 aliphatic carbocycles. The highest BCUT2D eigenvalue weighted by atomic mass is 19.4. The van der Waals surface area contributed by atoms with Gasteiger partial charge in [0, 0.05) is 6.07 Å². The van der Waals surface area contributed by atoms with Gasteiger partial charge in [-0.2, -0.15) is 18.3 Å². The zero-order valence-electron chi connectivity index (χ0n) is 8.59. The molecular weight excluding hydrogens is 253 g/mol. The van der Waals surface area contributed by atoms with Gasteiger partial charge in [-0.1, -0.05) is 0 Å². The first-order chi connectivity index (χ1) is 8.39. The van der Waals surface area contributed by atoms with Crippen molar-refractivity contribution < 1.29 is 23.1 Å². The number of aromatic nitrogens is 4. The summed E-state index contributed by atoms with van der Waals surface area (Å²) < 4.78 is 38.6. The van der Waals surface area contributed by atoms with Crippen molar-refractivity contribution in [2.75, 3.05) is 0 Å². The van der Waals surface area contributed by atoms with Crippen molar-refractivity contribution in [2.24, 2.45) is 0 Å². The molecule has 18 heavy (non-hydrogen) atoms. The van der Waals surface area contributed by atoms with Crippen LogP contribution >= 0.6 is 0 Å². The fraction of sp³-hybridized carbons (Fsp3) is 0.111. The van der Waals surface area contributed by atoms with Crippen LogP contribution in [0.2, 0.25) is 0 Å². The summed E-state index contributed by atoms with van der Waals surface area (Å²) in [5.74, 6) is -1.55. The van der Waals surface area contributed by atoms with Crippen LogP contribution in [-0.2, 0) is 6.18 Å². The average Bonchev–Trinajstić information content (AvgIpc) is 2.74. The topological polar surface area (TPSA) is 80.9 Å². The number of aromatic carboxylic acids is 1. The molecule has 2 aromatic heterocycles. The van der Waals surface area contributed by atoms with Crippen molar-refractivity contribution in [1.29, 1.82) is 0 Å². The molecule has 2 heterocycles. The smallest absolute Gasteiger partial charge is 0.433 e. The van der Waals surface area contributed by atoms with Crippen LogP contribution in [0.5, 0.6) is 0 Å². The first-order valence-corrected chi connectivity index (χ1v) is 4.55. The molecule has 0 atom stereocenters. The van der Waals surface area contributed by atoms with Crippen molar-refractivity contribution in [2.45, 2.75) is 6.18 Å². The normalized spacial score (nSPS) is 11.5. The molecule has 0 saturated carbocycles. The summed E-state index contributed by atoms with van der Waals surface area (Å²) in [7, 11) is 0. The second-order valence-electron chi connectivity index (χ2n) is 3.23. The van der Waals surface area contributed by atoms with E-state index in [0.717, 1.165) is 18.7 Å². The highest BCUT2D eigenvalue weighted by Crippen LogP contribution is 2.31. The molecule has 0 fully saturated rings. The lowest BCUT2D eigenvalue weighted by Gasteiger charge is -2.08. The number of nitrogens with zero attached hydrogens (tertiary/aromatic N) is 4. The summed E-state index contributed by atoms with van der Waals surface area (Å²) in [5, 5.41) is 12.0. The molecule has 0 saturated heterocycles. The first kappa shape index (κ1) is 12.0. The second-order valence-corrected chi connectivity index (χ2v) is 3.23. The SMILES string of the molecule is O=C(O)c1cc(C(F)(F)F)n(-c2cncnc2)n1. The molecule has 9 heteroatoms. The Hall–Kier alpha value is -2.45. The summed E-state index contributed by atoms with van der Waals surface area (Å²) in [6.45, 7) is 0. The Kier molecular flexibility index (Phi) is 2.73. The monoisotopic (exact) mass is 258 g/mol. The van der Waals surface area contributed by atoms with Crippen LogP contribution in [-0.4, -0.2) is 30.8 Å². The summed E-state index contributed by atoms with van der Waals surface area (Å²) >= 11 is 0. The Bertz CT molecular complexity index is 579. The molecule has 0 aliphatic heterocycles. The Morgan fingerprint density at radius 1 is 1.28 bits per heavy atom. The molecule has 1 N–H and O–H groups in total. The van der Waals surface area contributed by atoms with E-state index in [-0.39, 0.29) is 5.69 Å². The zero-order chi connectivity index (χ0) is 13.3. The maximum atomic E-state index is 12.7. The number of alkyl halides is 3. The van der Waals surface area contributed by atoms with E-state index in [2.05, 4.69) is 15.1 Å². The number of hydrogen-bond acceptors (Lipinski definition) is 4. The van der Waals surface area contributed by atoms with Crippen LogP contribution in [0.25, 0.3) is 5.69 Å². The first-order valence-electron chi connectivity index (χ1n) is 4.55. The van der Waals surface area contributed by atoms with Crippen LogP contribution in [0.4, 0.5) is 13.2 Å². The van der Waals surface area contributed by atoms with Crippen molar-refractivity contribution in [1.82, 2.24) is 19.7 Å². The predicted molar refractivity (Wildman–Crippen MR) is 51.1 cm³/mol. The van der Waals surface area contributed by atoms with E-state index in [4.69, 9.17) is 5.11 Å². The van der Waals surface area contributed by atoms with E-state index >= 15 is 0 Å². The maximum Gasteiger partial charge on any atom is 0.433 e. The van der Waals surface area contributed by atoms with Gasteiger partial charge in [-0.05, 0) is 0 Å². The fourth-order valence-corrected chi connectivity index (χ4v) is 1.28. The molecule has 2 aromatic rings. The van der Waals surface area contributed by atoms with Gasteiger partial charge in [-0.25, -0.2) is 19.4 Å². The van der Waals surface area contributed by atoms with E-state index in [9.17, 15) is 18.0 Å². The molecule has 0 spiro atoms. The van der Waals surface area contributed by atoms with Crippen LogP contribution in [0, 0.1) is 0 Å². The summed E-state index contributed by atoms with van der Waals surface area (Å²) in [5.41, 5.74) is -1.97. The van der Waals surface area contributed by atoms with Gasteiger partial charge in [0.15, 0.2) is 5.69 Å². The van der Waals surface area contributed by atoms with Gasteiger partial charge < -0.3 is 5.11 Å². The molecule has 0 amide bonds. The second kappa shape index (κ2) is 4.09. The third kappa shape index (κ3) is 2.14. The minimum atomic E-state index is -4.73. The van der Waals surface area contributed by atoms with Crippen LogP contribution in [0.1, 0.15) is 16.2 Å². The van der Waals surface area contributed by atoms with Crippen molar-refractivity contribution in [3.63, 3.8) is 0 Å². The highest BCUT2D eigenvalue weighted by Gasteiger charge is 2.37. The lowest BCUT2D eigenvalue weighted by molar-refractivity contribution is -0.142. The van der Waals surface area contributed by atoms with E-state index in [1.165, 1.54) is 0 Å². The number of hydrogen-bond donors (Lipinski definition) is 1. The Morgan fingerprint density at radius 2 is 1.89 bits per heavy atom. The van der Waals surface area contributed by atoms with Gasteiger partial charge in [0.1, 0.15) is 17.7 Å². The van der Waals surface area contributed by atoms with Crippen LogP contribution in [0.15, 0.2) is 24.8 Å². The number of rotatable bonds is 2. The zero-order valence-corrected chi connectivity index (χ0v) is 8.59. The largest absolute Gasteiger partial charge is 0.476 e. The van der Waals surface area contributed by atoms with Gasteiger partial charge in [0.2, 0.25) is 0 Å². The molecule has 94 valence electrons. The molecule has 2 rings (SSSR count). The van der Waals surface area contributed by atoms with Crippen molar-refractivity contribution in [3.05, 3.63) is 36.2 Å². The van der Waals surface area contributed by atoms with E-state index in [1.807, 2.05) is 0 Å². The molecule has 0 aliphatic rings. The van der Waals surface area contributed by atoms with Gasteiger partial charge in [-0.3, -0.25) is 0 Å². The number of halogens is 3. The standard InChI is InChI=1S/C9H5F3N4O2/c10-9(11,12)7-1-6(8(17)18)15-16(7)5-2-13-4-14-3-5/h1-4H,(H,17,18). The molecule has 6 nitrogen and oxygen atoms in total. The fourth-order valence-electron chi connectivity index (χ4n) is 1.28. The van der Waals surface area contributed by atoms with E-state index in [0.29, 0.717) is 10.7 Å². The number of carbonyl (C=O) groups is 1. The molecule has 0 bridgehead atoms. The summed E-state index contributed by atoms with van der Waals surface area (Å²) in [4.78, 5) is 17.8. The molecule has 0 aromatic carbocycles. The third-order valence-corrected chi connectivity index (χ3v) is 2.01. The lowest BCUT2D eigenvalue weighted by Crippen LogP contribution is -2.13. The number of carboxylic acids is 1.